The van der Waals surface area contributed by atoms with Gasteiger partial charge in [0.15, 0.2) is 0 Å². The van der Waals surface area contributed by atoms with Gasteiger partial charge in [0.1, 0.15) is 19.3 Å². The lowest BCUT2D eigenvalue weighted by atomic mass is 10.0. The van der Waals surface area contributed by atoms with Gasteiger partial charge in [-0.3, -0.25) is 18.6 Å². The van der Waals surface area contributed by atoms with Crippen LogP contribution in [0.15, 0.2) is 60.8 Å². The molecule has 9 nitrogen and oxygen atoms in total. The summed E-state index contributed by atoms with van der Waals surface area (Å²) in [5, 5.41) is 3.07. The Kier molecular flexibility index (Phi) is 58.1. The SMILES string of the molecule is CCCCC/C=C\C/C=C\C/C=C\CCCCCCCCCCCCCCCCC(=O)NC(COP(=O)(O)OCC[N+](C)(C)C)C(/C=C\CCCCCCCCCCCC)OC(=O)CCCCCCCCC/C=C\CCCCCC. The van der Waals surface area contributed by atoms with Crippen LogP contribution in [0.1, 0.15) is 323 Å². The lowest BCUT2D eigenvalue weighted by Crippen LogP contribution is -2.47. The molecule has 0 heterocycles. The van der Waals surface area contributed by atoms with Gasteiger partial charge in [0.25, 0.3) is 0 Å². The first-order valence-electron chi connectivity index (χ1n) is 34.1. The maximum atomic E-state index is 13.6. The van der Waals surface area contributed by atoms with Gasteiger partial charge in [-0.05, 0) is 96.0 Å². The first-order valence-corrected chi connectivity index (χ1v) is 35.6. The minimum Gasteiger partial charge on any atom is -0.456 e. The third kappa shape index (κ3) is 60.3. The smallest absolute Gasteiger partial charge is 0.456 e. The largest absolute Gasteiger partial charge is 0.472 e. The van der Waals surface area contributed by atoms with Crippen molar-refractivity contribution in [3.05, 3.63) is 60.8 Å². The molecule has 0 saturated heterocycles. The molecule has 0 aliphatic heterocycles. The van der Waals surface area contributed by atoms with Gasteiger partial charge in [-0.1, -0.05) is 275 Å². The Hall–Kier alpha value is -2.29. The highest BCUT2D eigenvalue weighted by Crippen LogP contribution is 2.43. The van der Waals surface area contributed by atoms with Crippen LogP contribution in [0.4, 0.5) is 0 Å². The Morgan fingerprint density at radius 2 is 0.762 bits per heavy atom. The normalized spacial score (nSPS) is 13.9. The van der Waals surface area contributed by atoms with Crippen molar-refractivity contribution in [3.8, 4) is 0 Å². The van der Waals surface area contributed by atoms with E-state index in [9.17, 15) is 19.0 Å². The molecule has 468 valence electrons. The van der Waals surface area contributed by atoms with Crippen molar-refractivity contribution in [3.63, 3.8) is 0 Å². The van der Waals surface area contributed by atoms with Gasteiger partial charge in [-0.2, -0.15) is 0 Å². The van der Waals surface area contributed by atoms with Gasteiger partial charge in [0.2, 0.25) is 5.91 Å². The second-order valence-electron chi connectivity index (χ2n) is 24.3. The van der Waals surface area contributed by atoms with E-state index in [2.05, 4.69) is 74.7 Å². The molecule has 10 heteroatoms. The number of phosphoric acid groups is 1. The quantitative estimate of drug-likeness (QED) is 0.0205. The van der Waals surface area contributed by atoms with Gasteiger partial charge >= 0.3 is 13.8 Å². The summed E-state index contributed by atoms with van der Waals surface area (Å²) in [6, 6.07) is -0.850. The summed E-state index contributed by atoms with van der Waals surface area (Å²) in [6.07, 6.45) is 76.5. The van der Waals surface area contributed by atoms with Crippen molar-refractivity contribution in [1.82, 2.24) is 5.32 Å². The number of carbonyl (C=O) groups excluding carboxylic acids is 2. The number of nitrogens with zero attached hydrogens (tertiary/aromatic N) is 1. The lowest BCUT2D eigenvalue weighted by Gasteiger charge is -2.27. The van der Waals surface area contributed by atoms with E-state index in [-0.39, 0.29) is 31.5 Å². The third-order valence-corrected chi connectivity index (χ3v) is 16.2. The van der Waals surface area contributed by atoms with E-state index in [1.54, 1.807) is 0 Å². The molecule has 0 fully saturated rings. The molecule has 0 spiro atoms. The number of rotatable bonds is 62. The van der Waals surface area contributed by atoms with Gasteiger partial charge < -0.3 is 19.4 Å². The van der Waals surface area contributed by atoms with E-state index in [0.29, 0.717) is 17.4 Å². The van der Waals surface area contributed by atoms with Crippen molar-refractivity contribution in [1.29, 1.82) is 0 Å². The second kappa shape index (κ2) is 59.9. The summed E-state index contributed by atoms with van der Waals surface area (Å²) in [4.78, 5) is 37.8. The van der Waals surface area contributed by atoms with E-state index in [1.165, 1.54) is 212 Å². The summed E-state index contributed by atoms with van der Waals surface area (Å²) in [6.45, 7) is 7.00. The number of hydrogen-bond donors (Lipinski definition) is 2. The number of likely N-dealkylation sites (N-methyl/N-ethyl adjacent to an activating group) is 1. The molecule has 3 atom stereocenters. The van der Waals surface area contributed by atoms with Crippen LogP contribution in [-0.4, -0.2) is 74.3 Å². The van der Waals surface area contributed by atoms with Crippen LogP contribution < -0.4 is 5.32 Å². The minimum absolute atomic E-state index is 0.0396. The predicted molar refractivity (Wildman–Crippen MR) is 346 cm³/mol. The molecular weight excluding hydrogens is 1010 g/mol. The fourth-order valence-corrected chi connectivity index (χ4v) is 10.6. The zero-order chi connectivity index (χ0) is 58.6. The molecule has 2 N–H and O–H groups in total. The average Bonchev–Trinajstić information content (AvgIpc) is 3.42. The summed E-state index contributed by atoms with van der Waals surface area (Å²) in [5.74, 6) is -0.501. The molecule has 80 heavy (non-hydrogen) atoms. The minimum atomic E-state index is -4.45. The van der Waals surface area contributed by atoms with Crippen molar-refractivity contribution >= 4 is 19.7 Å². The zero-order valence-corrected chi connectivity index (χ0v) is 54.5. The third-order valence-electron chi connectivity index (χ3n) is 15.2. The number of amides is 1. The van der Waals surface area contributed by atoms with Crippen LogP contribution in [0.25, 0.3) is 0 Å². The first-order chi connectivity index (χ1) is 38.9. The van der Waals surface area contributed by atoms with E-state index in [4.69, 9.17) is 13.8 Å². The van der Waals surface area contributed by atoms with E-state index in [1.807, 2.05) is 33.3 Å². The molecule has 0 rings (SSSR count). The first kappa shape index (κ1) is 77.7. The number of phosphoric ester groups is 1. The molecule has 0 aromatic heterocycles. The highest BCUT2D eigenvalue weighted by molar-refractivity contribution is 7.47. The molecule has 0 radical (unpaired) electrons. The van der Waals surface area contributed by atoms with Crippen molar-refractivity contribution < 1.29 is 37.3 Å². The Labute approximate surface area is 496 Å². The number of ether oxygens (including phenoxy) is 1. The molecule has 0 saturated carbocycles. The maximum absolute atomic E-state index is 13.6. The van der Waals surface area contributed by atoms with Gasteiger partial charge in [-0.25, -0.2) is 4.57 Å². The standard InChI is InChI=1S/C70H131N2O7P/c1-7-10-13-16-19-22-25-28-30-31-32-33-34-35-36-37-38-39-40-41-43-44-47-50-53-56-59-62-69(73)71-67(66-78-80(75,76)77-65-64-72(4,5)6)68(61-58-55-52-49-46-27-24-21-18-15-12-9-3)79-70(74)63-60-57-54-51-48-45-42-29-26-23-20-17-14-11-8-2/h19,22-23,26,28,30,32-33,58,61,67-68H,7-18,20-21,24-25,27,29,31,34-57,59-60,62-66H2,1-6H3,(H-,71,73,75,76)/p+1/b22-19-,26-23-,30-28-,33-32-,61-58-. The Bertz CT molecular complexity index is 1550. The second-order valence-corrected chi connectivity index (χ2v) is 25.8. The number of esters is 1. The summed E-state index contributed by atoms with van der Waals surface area (Å²) >= 11 is 0. The fraction of sp³-hybridized carbons (Fsp3) is 0.829. The predicted octanol–water partition coefficient (Wildman–Crippen LogP) is 21.4. The van der Waals surface area contributed by atoms with E-state index < -0.39 is 20.0 Å². The van der Waals surface area contributed by atoms with Crippen LogP contribution in [0.5, 0.6) is 0 Å². The highest BCUT2D eigenvalue weighted by atomic mass is 31.2. The number of unbranched alkanes of at least 4 members (excludes halogenated alkanes) is 38. The molecule has 3 unspecified atom stereocenters. The zero-order valence-electron chi connectivity index (χ0n) is 53.6. The molecule has 0 aromatic carbocycles. The van der Waals surface area contributed by atoms with E-state index >= 15 is 0 Å². The molecule has 0 aromatic rings. The number of allylic oxidation sites excluding steroid dienone is 9. The van der Waals surface area contributed by atoms with Gasteiger partial charge in [-0.15, -0.1) is 0 Å². The number of quaternary nitrogens is 1. The lowest BCUT2D eigenvalue weighted by molar-refractivity contribution is -0.870. The average molecular weight is 1140 g/mol. The Balaban J connectivity index is 5.02. The molecule has 0 aliphatic carbocycles. The summed E-state index contributed by atoms with van der Waals surface area (Å²) in [5.41, 5.74) is 0. The number of carbonyl (C=O) groups is 2. The summed E-state index contributed by atoms with van der Waals surface area (Å²) in [7, 11) is 1.50. The molecule has 0 bridgehead atoms. The van der Waals surface area contributed by atoms with E-state index in [0.717, 1.165) is 77.0 Å². The Morgan fingerprint density at radius 1 is 0.438 bits per heavy atom. The summed E-state index contributed by atoms with van der Waals surface area (Å²) < 4.78 is 30.8. The van der Waals surface area contributed by atoms with Crippen LogP contribution in [0.3, 0.4) is 0 Å². The van der Waals surface area contributed by atoms with Crippen molar-refractivity contribution in [2.75, 3.05) is 40.9 Å². The van der Waals surface area contributed by atoms with Crippen molar-refractivity contribution in [2.45, 2.75) is 335 Å². The van der Waals surface area contributed by atoms with Gasteiger partial charge in [0, 0.05) is 12.8 Å². The monoisotopic (exact) mass is 1140 g/mol. The molecule has 0 aliphatic rings. The topological polar surface area (TPSA) is 111 Å². The molecule has 1 amide bonds. The van der Waals surface area contributed by atoms with Gasteiger partial charge in [0.05, 0.1) is 33.8 Å². The molecular formula is C70H132N2O7P+. The number of hydrogen-bond acceptors (Lipinski definition) is 6. The van der Waals surface area contributed by atoms with Crippen LogP contribution in [0.2, 0.25) is 0 Å². The highest BCUT2D eigenvalue weighted by Gasteiger charge is 2.30. The number of nitrogens with one attached hydrogen (secondary N) is 1. The fourth-order valence-electron chi connectivity index (χ4n) is 9.88. The van der Waals surface area contributed by atoms with Crippen molar-refractivity contribution in [2.24, 2.45) is 0 Å². The van der Waals surface area contributed by atoms with Crippen LogP contribution in [0, 0.1) is 0 Å². The van der Waals surface area contributed by atoms with Crippen LogP contribution >= 0.6 is 7.82 Å². The maximum Gasteiger partial charge on any atom is 0.472 e. The van der Waals surface area contributed by atoms with Crippen LogP contribution in [-0.2, 0) is 27.9 Å². The Morgan fingerprint density at radius 3 is 1.19 bits per heavy atom.